The van der Waals surface area contributed by atoms with Crippen molar-refractivity contribution in [1.29, 1.82) is 0 Å². The molecule has 0 aliphatic carbocycles. The van der Waals surface area contributed by atoms with Crippen LogP contribution >= 0.6 is 11.3 Å². The Hall–Kier alpha value is -0.420. The summed E-state index contributed by atoms with van der Waals surface area (Å²) in [5, 5.41) is 11.8. The minimum atomic E-state index is -0.260. The molecule has 0 bridgehead atoms. The molecule has 0 fully saturated rings. The molecule has 0 saturated carbocycles. The second-order valence-corrected chi connectivity index (χ2v) is 4.70. The maximum absolute atomic E-state index is 9.70. The Morgan fingerprint density at radius 3 is 2.88 bits per heavy atom. The summed E-state index contributed by atoms with van der Waals surface area (Å²) >= 11 is 1.74. The van der Waals surface area contributed by atoms with Gasteiger partial charge in [0.05, 0.1) is 19.3 Å². The highest BCUT2D eigenvalue weighted by atomic mass is 32.1. The lowest BCUT2D eigenvalue weighted by Crippen LogP contribution is -2.12. The van der Waals surface area contributed by atoms with E-state index in [0.717, 1.165) is 12.8 Å². The summed E-state index contributed by atoms with van der Waals surface area (Å²) in [6, 6.07) is 4.15. The summed E-state index contributed by atoms with van der Waals surface area (Å²) in [5.41, 5.74) is 0. The number of rotatable bonds is 9. The summed E-state index contributed by atoms with van der Waals surface area (Å²) in [4.78, 5) is 1.33. The number of thiophene rings is 1. The van der Waals surface area contributed by atoms with Crippen LogP contribution in [0.15, 0.2) is 17.5 Å². The quantitative estimate of drug-likeness (QED) is 0.676. The molecule has 1 rings (SSSR count). The Morgan fingerprint density at radius 1 is 1.31 bits per heavy atom. The van der Waals surface area contributed by atoms with Crippen LogP contribution in [-0.4, -0.2) is 38.1 Å². The highest BCUT2D eigenvalue weighted by Crippen LogP contribution is 2.13. The van der Waals surface area contributed by atoms with Gasteiger partial charge in [-0.3, -0.25) is 0 Å². The van der Waals surface area contributed by atoms with Crippen LogP contribution in [0.4, 0.5) is 0 Å². The maximum Gasteiger partial charge on any atom is 0.0700 e. The first-order valence-corrected chi connectivity index (χ1v) is 6.48. The fourth-order valence-corrected chi connectivity index (χ4v) is 2.10. The fourth-order valence-electron chi connectivity index (χ4n) is 1.37. The van der Waals surface area contributed by atoms with Crippen molar-refractivity contribution in [2.24, 2.45) is 0 Å². The van der Waals surface area contributed by atoms with Crippen molar-refractivity contribution < 1.29 is 14.6 Å². The Balaban J connectivity index is 1.96. The van der Waals surface area contributed by atoms with Gasteiger partial charge in [0.15, 0.2) is 0 Å². The van der Waals surface area contributed by atoms with Gasteiger partial charge in [-0.1, -0.05) is 6.07 Å². The molecule has 1 aromatic rings. The van der Waals surface area contributed by atoms with E-state index in [1.807, 2.05) is 6.07 Å². The molecule has 0 saturated heterocycles. The van der Waals surface area contributed by atoms with Crippen LogP contribution in [0.2, 0.25) is 0 Å². The van der Waals surface area contributed by atoms with E-state index in [-0.39, 0.29) is 6.10 Å². The zero-order valence-corrected chi connectivity index (χ0v) is 10.5. The third kappa shape index (κ3) is 6.23. The minimum Gasteiger partial charge on any atom is -0.393 e. The molecule has 0 radical (unpaired) electrons. The van der Waals surface area contributed by atoms with Crippen molar-refractivity contribution >= 4 is 11.3 Å². The van der Waals surface area contributed by atoms with Crippen molar-refractivity contribution in [3.05, 3.63) is 22.4 Å². The van der Waals surface area contributed by atoms with E-state index in [9.17, 15) is 5.11 Å². The lowest BCUT2D eigenvalue weighted by atomic mass is 10.1. The molecule has 0 spiro atoms. The molecule has 3 nitrogen and oxygen atoms in total. The second kappa shape index (κ2) is 8.70. The largest absolute Gasteiger partial charge is 0.393 e. The van der Waals surface area contributed by atoms with Crippen molar-refractivity contribution in [2.45, 2.75) is 25.4 Å². The number of aryl methyl sites for hydroxylation is 1. The molecule has 1 atom stereocenters. The van der Waals surface area contributed by atoms with Gasteiger partial charge in [0.2, 0.25) is 0 Å². The van der Waals surface area contributed by atoms with E-state index in [0.29, 0.717) is 26.2 Å². The zero-order valence-electron chi connectivity index (χ0n) is 9.72. The van der Waals surface area contributed by atoms with Gasteiger partial charge in [0.1, 0.15) is 0 Å². The Labute approximate surface area is 101 Å². The van der Waals surface area contributed by atoms with Gasteiger partial charge in [-0.05, 0) is 30.7 Å². The SMILES string of the molecule is COCCOCCC(O)CCc1cccs1. The third-order valence-electron chi connectivity index (χ3n) is 2.33. The minimum absolute atomic E-state index is 0.260. The number of hydrogen-bond donors (Lipinski definition) is 1. The van der Waals surface area contributed by atoms with Crippen LogP contribution in [0.3, 0.4) is 0 Å². The molecule has 0 aliphatic heterocycles. The van der Waals surface area contributed by atoms with Crippen molar-refractivity contribution in [1.82, 2.24) is 0 Å². The molecule has 16 heavy (non-hydrogen) atoms. The van der Waals surface area contributed by atoms with Gasteiger partial charge in [-0.25, -0.2) is 0 Å². The smallest absolute Gasteiger partial charge is 0.0700 e. The van der Waals surface area contributed by atoms with Crippen molar-refractivity contribution in [3.63, 3.8) is 0 Å². The van der Waals surface area contributed by atoms with Gasteiger partial charge >= 0.3 is 0 Å². The average molecular weight is 244 g/mol. The summed E-state index contributed by atoms with van der Waals surface area (Å²) in [6.07, 6.45) is 2.21. The molecule has 0 aromatic carbocycles. The number of methoxy groups -OCH3 is 1. The lowest BCUT2D eigenvalue weighted by Gasteiger charge is -2.09. The summed E-state index contributed by atoms with van der Waals surface area (Å²) < 4.78 is 10.2. The van der Waals surface area contributed by atoms with E-state index >= 15 is 0 Å². The lowest BCUT2D eigenvalue weighted by molar-refractivity contribution is 0.0461. The third-order valence-corrected chi connectivity index (χ3v) is 3.27. The van der Waals surface area contributed by atoms with Crippen LogP contribution in [-0.2, 0) is 15.9 Å². The Morgan fingerprint density at radius 2 is 2.19 bits per heavy atom. The normalized spacial score (nSPS) is 12.9. The predicted molar refractivity (Wildman–Crippen MR) is 66.0 cm³/mol. The molecule has 0 amide bonds. The van der Waals surface area contributed by atoms with E-state index in [4.69, 9.17) is 9.47 Å². The molecule has 4 heteroatoms. The van der Waals surface area contributed by atoms with Gasteiger partial charge in [0.25, 0.3) is 0 Å². The first kappa shape index (κ1) is 13.6. The van der Waals surface area contributed by atoms with Crippen LogP contribution in [0.5, 0.6) is 0 Å². The van der Waals surface area contributed by atoms with E-state index in [1.165, 1.54) is 4.88 Å². The van der Waals surface area contributed by atoms with Gasteiger partial charge < -0.3 is 14.6 Å². The van der Waals surface area contributed by atoms with E-state index in [1.54, 1.807) is 18.4 Å². The topological polar surface area (TPSA) is 38.7 Å². The first-order valence-electron chi connectivity index (χ1n) is 5.60. The van der Waals surface area contributed by atoms with Crippen LogP contribution in [0, 0.1) is 0 Å². The number of aliphatic hydroxyl groups is 1. The number of ether oxygens (including phenoxy) is 2. The van der Waals surface area contributed by atoms with Crippen LogP contribution in [0.25, 0.3) is 0 Å². The molecule has 1 aromatic heterocycles. The number of aliphatic hydroxyl groups excluding tert-OH is 1. The van der Waals surface area contributed by atoms with Gasteiger partial charge in [-0.15, -0.1) is 11.3 Å². The zero-order chi connectivity index (χ0) is 11.6. The highest BCUT2D eigenvalue weighted by molar-refractivity contribution is 7.09. The molecular formula is C12H20O3S. The maximum atomic E-state index is 9.70. The standard InChI is InChI=1S/C12H20O3S/c1-14-8-9-15-7-6-11(13)4-5-12-3-2-10-16-12/h2-3,10-11,13H,4-9H2,1H3. The van der Waals surface area contributed by atoms with Gasteiger partial charge in [0, 0.05) is 18.6 Å². The first-order chi connectivity index (χ1) is 7.83. The van der Waals surface area contributed by atoms with E-state index < -0.39 is 0 Å². The molecule has 1 heterocycles. The molecule has 1 unspecified atom stereocenters. The second-order valence-electron chi connectivity index (χ2n) is 3.67. The predicted octanol–water partition coefficient (Wildman–Crippen LogP) is 2.09. The van der Waals surface area contributed by atoms with Gasteiger partial charge in [-0.2, -0.15) is 0 Å². The molecular weight excluding hydrogens is 224 g/mol. The van der Waals surface area contributed by atoms with Crippen LogP contribution in [0.1, 0.15) is 17.7 Å². The van der Waals surface area contributed by atoms with Crippen molar-refractivity contribution in [2.75, 3.05) is 26.9 Å². The molecule has 1 N–H and O–H groups in total. The summed E-state index contributed by atoms with van der Waals surface area (Å²) in [7, 11) is 1.65. The monoisotopic (exact) mass is 244 g/mol. The average Bonchev–Trinajstić information content (AvgIpc) is 2.79. The fraction of sp³-hybridized carbons (Fsp3) is 0.667. The van der Waals surface area contributed by atoms with Crippen molar-refractivity contribution in [3.8, 4) is 0 Å². The highest BCUT2D eigenvalue weighted by Gasteiger charge is 2.05. The Bertz CT molecular complexity index is 249. The number of hydrogen-bond acceptors (Lipinski definition) is 4. The molecule has 92 valence electrons. The Kier molecular flexibility index (Phi) is 7.42. The molecule has 0 aliphatic rings. The summed E-state index contributed by atoms with van der Waals surface area (Å²) in [6.45, 7) is 1.83. The van der Waals surface area contributed by atoms with Crippen LogP contribution < -0.4 is 0 Å². The summed E-state index contributed by atoms with van der Waals surface area (Å²) in [5.74, 6) is 0. The van der Waals surface area contributed by atoms with E-state index in [2.05, 4.69) is 11.4 Å².